The number of aromatic nitrogens is 2. The summed E-state index contributed by atoms with van der Waals surface area (Å²) in [5.41, 5.74) is 1.54. The van der Waals surface area contributed by atoms with Gasteiger partial charge in [0.15, 0.2) is 0 Å². The van der Waals surface area contributed by atoms with Gasteiger partial charge in [0.2, 0.25) is 11.8 Å². The third-order valence-corrected chi connectivity index (χ3v) is 4.98. The van der Waals surface area contributed by atoms with Crippen LogP contribution < -0.4 is 5.32 Å². The number of benzene rings is 2. The van der Waals surface area contributed by atoms with Crippen LogP contribution in [0.25, 0.3) is 0 Å². The minimum absolute atomic E-state index is 0.234. The molecule has 8 heteroatoms. The van der Waals surface area contributed by atoms with Crippen LogP contribution in [-0.4, -0.2) is 21.4 Å². The minimum Gasteiger partial charge on any atom is -0.416 e. The molecule has 1 amide bonds. The Bertz CT molecular complexity index is 902. The Balaban J connectivity index is 1.60. The zero-order valence-corrected chi connectivity index (χ0v) is 16.1. The lowest BCUT2D eigenvalue weighted by Crippen LogP contribution is -2.22. The van der Waals surface area contributed by atoms with Gasteiger partial charge in [-0.1, -0.05) is 65.3 Å². The zero-order valence-electron chi connectivity index (χ0n) is 13.8. The minimum atomic E-state index is -0.449. The Morgan fingerprint density at radius 1 is 1.19 bits per heavy atom. The maximum absolute atomic E-state index is 12.4. The van der Waals surface area contributed by atoms with Crippen LogP contribution in [0, 0.1) is 0 Å². The molecule has 1 heterocycles. The monoisotopic (exact) mass is 407 g/mol. The number of hydrogen-bond acceptors (Lipinski definition) is 5. The highest BCUT2D eigenvalue weighted by molar-refractivity contribution is 8.00. The lowest BCUT2D eigenvalue weighted by atomic mass is 10.2. The van der Waals surface area contributed by atoms with E-state index in [1.54, 1.807) is 25.1 Å². The summed E-state index contributed by atoms with van der Waals surface area (Å²) in [6.07, 6.45) is 0.549. The molecule has 1 N–H and O–H groups in total. The van der Waals surface area contributed by atoms with Crippen molar-refractivity contribution < 1.29 is 9.21 Å². The Labute approximate surface area is 165 Å². The summed E-state index contributed by atoms with van der Waals surface area (Å²) < 4.78 is 5.62. The number of nitrogens with zero attached hydrogens (tertiary/aromatic N) is 2. The fourth-order valence-corrected chi connectivity index (χ4v) is 3.20. The van der Waals surface area contributed by atoms with E-state index < -0.39 is 5.25 Å². The van der Waals surface area contributed by atoms with E-state index in [1.807, 2.05) is 30.3 Å². The van der Waals surface area contributed by atoms with Crippen molar-refractivity contribution in [3.63, 3.8) is 0 Å². The summed E-state index contributed by atoms with van der Waals surface area (Å²) in [6.45, 7) is 1.75. The molecular weight excluding hydrogens is 393 g/mol. The number of rotatable bonds is 6. The van der Waals surface area contributed by atoms with Crippen LogP contribution in [-0.2, 0) is 11.2 Å². The molecule has 0 saturated heterocycles. The van der Waals surface area contributed by atoms with Crippen molar-refractivity contribution >= 4 is 46.6 Å². The molecule has 0 aliphatic carbocycles. The number of carbonyl (C=O) groups excluding carboxylic acids is 1. The van der Waals surface area contributed by atoms with E-state index in [1.165, 1.54) is 11.8 Å². The fraction of sp³-hybridized carbons (Fsp3) is 0.167. The molecular formula is C18H15Cl2N3O2S. The lowest BCUT2D eigenvalue weighted by molar-refractivity contribution is -0.115. The first kappa shape index (κ1) is 18.8. The lowest BCUT2D eigenvalue weighted by Gasteiger charge is -2.11. The molecule has 26 heavy (non-hydrogen) atoms. The van der Waals surface area contributed by atoms with Crippen molar-refractivity contribution in [3.05, 3.63) is 70.0 Å². The molecule has 2 aromatic carbocycles. The Hall–Kier alpha value is -2.02. The van der Waals surface area contributed by atoms with Crippen LogP contribution in [0.15, 0.2) is 58.2 Å². The number of hydrogen-bond donors (Lipinski definition) is 1. The normalized spacial score (nSPS) is 12.0. The first-order chi connectivity index (χ1) is 12.5. The second-order valence-electron chi connectivity index (χ2n) is 5.50. The van der Waals surface area contributed by atoms with Crippen molar-refractivity contribution in [2.45, 2.75) is 23.8 Å². The predicted octanol–water partition coefficient (Wildman–Crippen LogP) is 5.09. The van der Waals surface area contributed by atoms with Gasteiger partial charge in [0.05, 0.1) is 22.4 Å². The van der Waals surface area contributed by atoms with Gasteiger partial charge >= 0.3 is 0 Å². The van der Waals surface area contributed by atoms with Crippen LogP contribution in [0.2, 0.25) is 10.0 Å². The summed E-state index contributed by atoms with van der Waals surface area (Å²) in [4.78, 5) is 12.4. The molecule has 0 fully saturated rings. The number of carbonyl (C=O) groups is 1. The number of nitrogens with one attached hydrogen (secondary N) is 1. The second-order valence-corrected chi connectivity index (χ2v) is 7.63. The fourth-order valence-electron chi connectivity index (χ4n) is 2.16. The van der Waals surface area contributed by atoms with Gasteiger partial charge in [-0.15, -0.1) is 10.2 Å². The van der Waals surface area contributed by atoms with Gasteiger partial charge in [-0.05, 0) is 30.7 Å². The SMILES string of the molecule is C[C@H](Sc1nnc(Cc2ccccc2)o1)C(=O)Nc1cc(Cl)ccc1Cl. The third kappa shape index (κ3) is 5.00. The Kier molecular flexibility index (Phi) is 6.19. The van der Waals surface area contributed by atoms with Gasteiger partial charge in [0.1, 0.15) is 0 Å². The van der Waals surface area contributed by atoms with Gasteiger partial charge in [-0.3, -0.25) is 4.79 Å². The summed E-state index contributed by atoms with van der Waals surface area (Å²) in [5, 5.41) is 11.6. The van der Waals surface area contributed by atoms with Crippen molar-refractivity contribution in [2.75, 3.05) is 5.32 Å². The van der Waals surface area contributed by atoms with Gasteiger partial charge < -0.3 is 9.73 Å². The molecule has 0 spiro atoms. The van der Waals surface area contributed by atoms with Gasteiger partial charge in [-0.25, -0.2) is 0 Å². The summed E-state index contributed by atoms with van der Waals surface area (Å²) in [7, 11) is 0. The number of anilines is 1. The topological polar surface area (TPSA) is 68.0 Å². The van der Waals surface area contributed by atoms with Crippen molar-refractivity contribution in [3.8, 4) is 0 Å². The number of amides is 1. The molecule has 0 bridgehead atoms. The van der Waals surface area contributed by atoms with Crippen LogP contribution in [0.5, 0.6) is 0 Å². The van der Waals surface area contributed by atoms with E-state index in [9.17, 15) is 4.79 Å². The maximum Gasteiger partial charge on any atom is 0.277 e. The first-order valence-electron chi connectivity index (χ1n) is 7.80. The summed E-state index contributed by atoms with van der Waals surface area (Å²) in [6, 6.07) is 14.7. The standard InChI is InChI=1S/C18H15Cl2N3O2S/c1-11(17(24)21-15-10-13(19)7-8-14(15)20)26-18-23-22-16(25-18)9-12-5-3-2-4-6-12/h2-8,10-11H,9H2,1H3,(H,21,24)/t11-/m0/s1. The highest BCUT2D eigenvalue weighted by atomic mass is 35.5. The van der Waals surface area contributed by atoms with Crippen molar-refractivity contribution in [1.82, 2.24) is 10.2 Å². The second kappa shape index (κ2) is 8.58. The molecule has 0 radical (unpaired) electrons. The summed E-state index contributed by atoms with van der Waals surface area (Å²) >= 11 is 13.2. The molecule has 134 valence electrons. The molecule has 1 aromatic heterocycles. The number of thioether (sulfide) groups is 1. The van der Waals surface area contributed by atoms with Gasteiger partial charge in [0.25, 0.3) is 5.22 Å². The molecule has 0 saturated carbocycles. The van der Waals surface area contributed by atoms with E-state index in [2.05, 4.69) is 15.5 Å². The summed E-state index contributed by atoms with van der Waals surface area (Å²) in [5.74, 6) is 0.270. The maximum atomic E-state index is 12.4. The van der Waals surface area contributed by atoms with Gasteiger partial charge in [-0.2, -0.15) is 0 Å². The molecule has 3 aromatic rings. The van der Waals surface area contributed by atoms with Crippen LogP contribution >= 0.6 is 35.0 Å². The Morgan fingerprint density at radius 2 is 1.96 bits per heavy atom. The van der Waals surface area contributed by atoms with E-state index >= 15 is 0 Å². The van der Waals surface area contributed by atoms with Crippen LogP contribution in [0.4, 0.5) is 5.69 Å². The molecule has 1 atom stereocenters. The zero-order chi connectivity index (χ0) is 18.5. The highest BCUT2D eigenvalue weighted by Crippen LogP contribution is 2.28. The molecule has 0 aliphatic heterocycles. The van der Waals surface area contributed by atoms with Crippen LogP contribution in [0.3, 0.4) is 0 Å². The van der Waals surface area contributed by atoms with E-state index in [-0.39, 0.29) is 5.91 Å². The van der Waals surface area contributed by atoms with Crippen LogP contribution in [0.1, 0.15) is 18.4 Å². The predicted molar refractivity (Wildman–Crippen MR) is 104 cm³/mol. The van der Waals surface area contributed by atoms with E-state index in [4.69, 9.17) is 27.6 Å². The average Bonchev–Trinajstić information content (AvgIpc) is 3.05. The first-order valence-corrected chi connectivity index (χ1v) is 9.43. The average molecular weight is 408 g/mol. The number of halogens is 2. The van der Waals surface area contributed by atoms with Crippen molar-refractivity contribution in [1.29, 1.82) is 0 Å². The molecule has 0 unspecified atom stereocenters. The van der Waals surface area contributed by atoms with Gasteiger partial charge in [0, 0.05) is 5.02 Å². The smallest absolute Gasteiger partial charge is 0.277 e. The van der Waals surface area contributed by atoms with E-state index in [0.29, 0.717) is 33.3 Å². The molecule has 5 nitrogen and oxygen atoms in total. The largest absolute Gasteiger partial charge is 0.416 e. The Morgan fingerprint density at radius 3 is 2.73 bits per heavy atom. The quantitative estimate of drug-likeness (QED) is 0.576. The molecule has 0 aliphatic rings. The molecule has 3 rings (SSSR count). The third-order valence-electron chi connectivity index (χ3n) is 3.48. The highest BCUT2D eigenvalue weighted by Gasteiger charge is 2.19. The van der Waals surface area contributed by atoms with Crippen molar-refractivity contribution in [2.24, 2.45) is 0 Å². The van der Waals surface area contributed by atoms with E-state index in [0.717, 1.165) is 5.56 Å².